The van der Waals surface area contributed by atoms with Crippen molar-refractivity contribution in [2.75, 3.05) is 0 Å². The average Bonchev–Trinajstić information content (AvgIpc) is 3.84. The van der Waals surface area contributed by atoms with E-state index in [4.69, 9.17) is 14.5 Å². The van der Waals surface area contributed by atoms with Crippen LogP contribution in [-0.4, -0.2) is 20.8 Å². The fourth-order valence-corrected chi connectivity index (χ4v) is 9.75. The number of ether oxygens (including phenoxy) is 2. The van der Waals surface area contributed by atoms with Crippen LogP contribution in [0.1, 0.15) is 51.3 Å². The molecule has 0 radical (unpaired) electrons. The number of rotatable bonds is 5. The van der Waals surface area contributed by atoms with Gasteiger partial charge in [0.2, 0.25) is 0 Å². The summed E-state index contributed by atoms with van der Waals surface area (Å²) in [6, 6.07) is 60.6. The smallest absolute Gasteiger partial charge is 0.268 e. The van der Waals surface area contributed by atoms with Gasteiger partial charge in [0.05, 0.1) is 16.7 Å². The van der Waals surface area contributed by atoms with E-state index < -0.39 is 0 Å². The fraction of sp³-hybridized carbons (Fsp3) is 0.127. The maximum absolute atomic E-state index is 6.77. The summed E-state index contributed by atoms with van der Waals surface area (Å²) < 4.78 is 19.7. The molecule has 308 valence electrons. The summed E-state index contributed by atoms with van der Waals surface area (Å²) in [5.74, 6) is 3.80. The molecule has 0 amide bonds. The number of hydrogen-bond donors (Lipinski definition) is 0. The Kier molecular flexibility index (Phi) is 8.98. The molecule has 0 aliphatic carbocycles. The zero-order valence-corrected chi connectivity index (χ0v) is 37.8. The standard InChI is InChI=1S/C55H41BN4O2.Pt/c1-54(2,3)35-28-29-57-52(30-35)60-46-27-22-36(56-44-17-9-11-20-50(44)62-51-21-12-10-18-45(51)56)31-41(46)40-25-23-38(32-48(40)60)61-39-24-26-42-49(33-39)59-34-58(37-14-7-6-8-15-37)47-19-13-16-43(53(47)59)55(42,4)5;/h6-31H,1-5H3;/q-2;. The summed E-state index contributed by atoms with van der Waals surface area (Å²) in [4.78, 5) is 4.97. The Balaban J connectivity index is 0.00000444. The maximum atomic E-state index is 6.77. The van der Waals surface area contributed by atoms with Gasteiger partial charge >= 0.3 is 0 Å². The van der Waals surface area contributed by atoms with Crippen LogP contribution in [0.5, 0.6) is 23.0 Å². The van der Waals surface area contributed by atoms with Crippen LogP contribution in [0.3, 0.4) is 0 Å². The van der Waals surface area contributed by atoms with Gasteiger partial charge in [0.15, 0.2) is 0 Å². The van der Waals surface area contributed by atoms with Gasteiger partial charge in [-0.05, 0) is 86.4 Å². The molecule has 6 nitrogen and oxygen atoms in total. The van der Waals surface area contributed by atoms with E-state index in [9.17, 15) is 0 Å². The van der Waals surface area contributed by atoms with Crippen molar-refractivity contribution in [3.8, 4) is 40.2 Å². The van der Waals surface area contributed by atoms with Crippen molar-refractivity contribution in [3.63, 3.8) is 0 Å². The number of pyridine rings is 1. The summed E-state index contributed by atoms with van der Waals surface area (Å²) in [5, 5.41) is 2.18. The van der Waals surface area contributed by atoms with E-state index in [1.807, 2.05) is 36.5 Å². The van der Waals surface area contributed by atoms with Gasteiger partial charge in [-0.1, -0.05) is 131 Å². The molecular weight excluding hydrogens is 955 g/mol. The monoisotopic (exact) mass is 995 g/mol. The Morgan fingerprint density at radius 1 is 0.698 bits per heavy atom. The molecule has 0 fully saturated rings. The van der Waals surface area contributed by atoms with Crippen molar-refractivity contribution < 1.29 is 35.1 Å². The molecule has 0 bridgehead atoms. The predicted molar refractivity (Wildman–Crippen MR) is 248 cm³/mol. The van der Waals surface area contributed by atoms with E-state index in [1.54, 1.807) is 0 Å². The van der Waals surface area contributed by atoms with Crippen molar-refractivity contribution >= 4 is 55.9 Å². The maximum Gasteiger partial charge on any atom is 0.268 e. The minimum Gasteiger partial charge on any atom is -0.510 e. The van der Waals surface area contributed by atoms with E-state index in [0.717, 1.165) is 78.0 Å². The van der Waals surface area contributed by atoms with Crippen molar-refractivity contribution in [3.05, 3.63) is 193 Å². The van der Waals surface area contributed by atoms with Crippen LogP contribution >= 0.6 is 0 Å². The zero-order valence-electron chi connectivity index (χ0n) is 35.5. The van der Waals surface area contributed by atoms with Gasteiger partial charge in [0.1, 0.15) is 17.3 Å². The number of hydrogen-bond acceptors (Lipinski definition) is 3. The second-order valence-electron chi connectivity index (χ2n) is 18.1. The van der Waals surface area contributed by atoms with Crippen LogP contribution in [0.2, 0.25) is 0 Å². The largest absolute Gasteiger partial charge is 0.510 e. The van der Waals surface area contributed by atoms with Gasteiger partial charge in [-0.2, -0.15) is 12.1 Å². The molecule has 8 heteroatoms. The molecule has 0 saturated carbocycles. The summed E-state index contributed by atoms with van der Waals surface area (Å²) in [5.41, 5.74) is 12.9. The van der Waals surface area contributed by atoms with Gasteiger partial charge in [0.25, 0.3) is 13.0 Å². The molecule has 0 unspecified atom stereocenters. The Hall–Kier alpha value is -6.69. The zero-order chi connectivity index (χ0) is 41.9. The molecule has 5 heterocycles. The Labute approximate surface area is 381 Å². The quantitative estimate of drug-likeness (QED) is 0.0981. The van der Waals surface area contributed by atoms with Gasteiger partial charge in [-0.3, -0.25) is 4.57 Å². The van der Waals surface area contributed by atoms with Gasteiger partial charge in [-0.15, -0.1) is 35.2 Å². The fourth-order valence-electron chi connectivity index (χ4n) is 9.75. The first-order valence-electron chi connectivity index (χ1n) is 21.2. The summed E-state index contributed by atoms with van der Waals surface area (Å²) in [7, 11) is 0. The first kappa shape index (κ1) is 39.2. The van der Waals surface area contributed by atoms with E-state index in [0.29, 0.717) is 11.5 Å². The number of aromatic nitrogens is 4. The third-order valence-electron chi connectivity index (χ3n) is 12.9. The van der Waals surface area contributed by atoms with Crippen LogP contribution in [0, 0.1) is 18.5 Å². The first-order valence-corrected chi connectivity index (χ1v) is 21.2. The van der Waals surface area contributed by atoms with Crippen molar-refractivity contribution in [2.45, 2.75) is 45.4 Å². The van der Waals surface area contributed by atoms with E-state index in [2.05, 4.69) is 188 Å². The molecule has 2 aliphatic heterocycles. The number of fused-ring (bicyclic) bond motifs is 7. The SMILES string of the molecule is CC(C)(C)c1ccnc(-n2c3[c-]c(Oc4[c-]c5c(cc4)C(C)(C)c4cccc6c4n-5[c-][n+]6-c4ccccc4)ccc3c3cc(B4c5ccccc5Oc5ccccc54)ccc32)c1.[Pt]. The third-order valence-corrected chi connectivity index (χ3v) is 12.9. The van der Waals surface area contributed by atoms with Crippen LogP contribution in [-0.2, 0) is 31.9 Å². The first-order chi connectivity index (χ1) is 30.1. The van der Waals surface area contributed by atoms with Crippen LogP contribution in [0.15, 0.2) is 158 Å². The van der Waals surface area contributed by atoms with Crippen LogP contribution < -0.4 is 30.4 Å². The molecule has 12 rings (SSSR count). The molecule has 10 aromatic rings. The summed E-state index contributed by atoms with van der Waals surface area (Å²) in [6.07, 6.45) is 5.59. The molecular formula is C55H41BN4O2Pt-2. The Morgan fingerprint density at radius 2 is 1.41 bits per heavy atom. The number of imidazole rings is 1. The normalized spacial score (nSPS) is 13.6. The molecule has 0 spiro atoms. The second-order valence-corrected chi connectivity index (χ2v) is 18.1. The molecule has 0 N–H and O–H groups in total. The second kappa shape index (κ2) is 14.4. The van der Waals surface area contributed by atoms with E-state index in [1.165, 1.54) is 16.6 Å². The van der Waals surface area contributed by atoms with Gasteiger partial charge in [-0.25, -0.2) is 4.98 Å². The number of benzene rings is 7. The number of para-hydroxylation sites is 4. The average molecular weight is 996 g/mol. The minimum absolute atomic E-state index is 0. The molecule has 7 aromatic carbocycles. The Bertz CT molecular complexity index is 3410. The van der Waals surface area contributed by atoms with Gasteiger partial charge in [0, 0.05) is 44.3 Å². The summed E-state index contributed by atoms with van der Waals surface area (Å²) in [6.45, 7) is 11.3. The van der Waals surface area contributed by atoms with Crippen molar-refractivity contribution in [2.24, 2.45) is 0 Å². The summed E-state index contributed by atoms with van der Waals surface area (Å²) >= 11 is 0. The van der Waals surface area contributed by atoms with Crippen LogP contribution in [0.4, 0.5) is 0 Å². The topological polar surface area (TPSA) is 45.1 Å². The molecule has 2 aliphatic rings. The van der Waals surface area contributed by atoms with E-state index in [-0.39, 0.29) is 38.6 Å². The number of nitrogens with zero attached hydrogens (tertiary/aromatic N) is 4. The predicted octanol–water partition coefficient (Wildman–Crippen LogP) is 10.1. The molecule has 3 aromatic heterocycles. The van der Waals surface area contributed by atoms with Gasteiger partial charge < -0.3 is 18.6 Å². The Morgan fingerprint density at radius 3 is 2.17 bits per heavy atom. The van der Waals surface area contributed by atoms with Crippen molar-refractivity contribution in [1.82, 2.24) is 14.1 Å². The molecule has 63 heavy (non-hydrogen) atoms. The van der Waals surface area contributed by atoms with Crippen LogP contribution in [0.25, 0.3) is 50.0 Å². The third kappa shape index (κ3) is 6.12. The minimum atomic E-state index is -0.269. The molecule has 0 atom stereocenters. The van der Waals surface area contributed by atoms with Crippen molar-refractivity contribution in [1.29, 1.82) is 0 Å². The van der Waals surface area contributed by atoms with E-state index >= 15 is 0 Å². The molecule has 0 saturated heterocycles.